The van der Waals surface area contributed by atoms with Crippen LogP contribution in [0.1, 0.15) is 26.7 Å². The van der Waals surface area contributed by atoms with Crippen molar-refractivity contribution in [3.05, 3.63) is 0 Å². The Morgan fingerprint density at radius 2 is 2.00 bits per heavy atom. The van der Waals surface area contributed by atoms with Crippen LogP contribution in [0.4, 0.5) is 0 Å². The molecular formula is C12H21NO5. The molecule has 3 aliphatic heterocycles. The Kier molecular flexibility index (Phi) is 3.12. The van der Waals surface area contributed by atoms with Crippen molar-refractivity contribution in [3.63, 3.8) is 0 Å². The molecule has 0 spiro atoms. The molecule has 0 aromatic carbocycles. The van der Waals surface area contributed by atoms with E-state index in [4.69, 9.17) is 19.4 Å². The minimum Gasteiger partial charge on any atom is -0.396 e. The zero-order chi connectivity index (χ0) is 12.9. The number of aliphatic hydroxyl groups excluding tert-OH is 2. The maximum atomic E-state index is 10.1. The van der Waals surface area contributed by atoms with E-state index in [-0.39, 0.29) is 31.0 Å². The van der Waals surface area contributed by atoms with Gasteiger partial charge in [-0.25, -0.2) is 0 Å². The second kappa shape index (κ2) is 4.40. The summed E-state index contributed by atoms with van der Waals surface area (Å²) in [6, 6.07) is 0.108. The predicted molar refractivity (Wildman–Crippen MR) is 61.5 cm³/mol. The lowest BCUT2D eigenvalue weighted by molar-refractivity contribution is -0.218. The molecule has 2 N–H and O–H groups in total. The number of fused-ring (bicyclic) bond motifs is 3. The van der Waals surface area contributed by atoms with E-state index >= 15 is 0 Å². The highest BCUT2D eigenvalue weighted by Crippen LogP contribution is 2.41. The van der Waals surface area contributed by atoms with Crippen LogP contribution in [-0.2, 0) is 14.3 Å². The third-order valence-corrected chi connectivity index (χ3v) is 3.90. The van der Waals surface area contributed by atoms with E-state index in [0.717, 1.165) is 6.42 Å². The summed E-state index contributed by atoms with van der Waals surface area (Å²) >= 11 is 0. The highest BCUT2D eigenvalue weighted by atomic mass is 16.8. The van der Waals surface area contributed by atoms with Gasteiger partial charge in [-0.3, -0.25) is 4.84 Å². The first-order valence-electron chi connectivity index (χ1n) is 6.58. The highest BCUT2D eigenvalue weighted by Gasteiger charge is 2.56. The molecule has 0 aliphatic carbocycles. The molecule has 18 heavy (non-hydrogen) atoms. The van der Waals surface area contributed by atoms with Gasteiger partial charge in [0.25, 0.3) is 0 Å². The second-order valence-corrected chi connectivity index (χ2v) is 5.77. The number of hydrogen-bond donors (Lipinski definition) is 2. The molecular weight excluding hydrogens is 238 g/mol. The minimum absolute atomic E-state index is 0.0123. The van der Waals surface area contributed by atoms with Gasteiger partial charge in [-0.2, -0.15) is 5.06 Å². The van der Waals surface area contributed by atoms with Gasteiger partial charge in [0.1, 0.15) is 12.2 Å². The van der Waals surface area contributed by atoms with Crippen molar-refractivity contribution in [2.45, 2.75) is 62.9 Å². The minimum atomic E-state index is -0.651. The lowest BCUT2D eigenvalue weighted by atomic mass is 9.92. The summed E-state index contributed by atoms with van der Waals surface area (Å²) in [5.74, 6) is -0.651. The zero-order valence-corrected chi connectivity index (χ0v) is 10.8. The Hall–Kier alpha value is -0.240. The number of piperidine rings is 1. The Morgan fingerprint density at radius 3 is 2.72 bits per heavy atom. The molecule has 5 atom stereocenters. The maximum absolute atomic E-state index is 10.1. The topological polar surface area (TPSA) is 71.4 Å². The lowest BCUT2D eigenvalue weighted by Crippen LogP contribution is -2.57. The fourth-order valence-electron chi connectivity index (χ4n) is 3.19. The summed E-state index contributed by atoms with van der Waals surface area (Å²) in [5.41, 5.74) is 0. The SMILES string of the molecule is CC1(C)O[C@@H]2[C@H](O1)[C@H](O)CN1O[C@H](CCO)C[C@@H]21. The zero-order valence-electron chi connectivity index (χ0n) is 10.8. The third-order valence-electron chi connectivity index (χ3n) is 3.90. The van der Waals surface area contributed by atoms with E-state index in [9.17, 15) is 5.11 Å². The van der Waals surface area contributed by atoms with Crippen LogP contribution in [0.25, 0.3) is 0 Å². The van der Waals surface area contributed by atoms with Gasteiger partial charge >= 0.3 is 0 Å². The molecule has 3 aliphatic rings. The van der Waals surface area contributed by atoms with Gasteiger partial charge in [0.15, 0.2) is 5.79 Å². The van der Waals surface area contributed by atoms with Crippen LogP contribution in [0.2, 0.25) is 0 Å². The summed E-state index contributed by atoms with van der Waals surface area (Å²) in [5, 5.41) is 20.9. The Labute approximate surface area is 106 Å². The number of nitrogens with zero attached hydrogens (tertiary/aromatic N) is 1. The van der Waals surface area contributed by atoms with Crippen molar-refractivity contribution in [2.24, 2.45) is 0 Å². The van der Waals surface area contributed by atoms with Crippen LogP contribution in [-0.4, -0.2) is 64.7 Å². The average Bonchev–Trinajstić information content (AvgIpc) is 2.79. The Bertz CT molecular complexity index is 324. The highest BCUT2D eigenvalue weighted by molar-refractivity contribution is 5.01. The first-order valence-corrected chi connectivity index (χ1v) is 6.58. The van der Waals surface area contributed by atoms with E-state index in [2.05, 4.69) is 0 Å². The molecule has 0 aromatic heterocycles. The number of hydroxylamine groups is 2. The van der Waals surface area contributed by atoms with Gasteiger partial charge in [0.05, 0.1) is 24.8 Å². The summed E-state index contributed by atoms with van der Waals surface area (Å²) in [6.07, 6.45) is 0.405. The summed E-state index contributed by atoms with van der Waals surface area (Å²) in [4.78, 5) is 5.73. The van der Waals surface area contributed by atoms with Crippen LogP contribution >= 0.6 is 0 Å². The molecule has 0 bridgehead atoms. The van der Waals surface area contributed by atoms with Crippen LogP contribution in [0, 0.1) is 0 Å². The molecule has 3 rings (SSSR count). The van der Waals surface area contributed by atoms with Crippen molar-refractivity contribution in [3.8, 4) is 0 Å². The molecule has 6 heteroatoms. The summed E-state index contributed by atoms with van der Waals surface area (Å²) in [6.45, 7) is 4.28. The molecule has 3 fully saturated rings. The number of rotatable bonds is 2. The fraction of sp³-hybridized carbons (Fsp3) is 1.00. The predicted octanol–water partition coefficient (Wildman–Crippen LogP) is -0.362. The van der Waals surface area contributed by atoms with Gasteiger partial charge < -0.3 is 19.7 Å². The quantitative estimate of drug-likeness (QED) is 0.705. The van der Waals surface area contributed by atoms with Gasteiger partial charge in [0.2, 0.25) is 0 Å². The van der Waals surface area contributed by atoms with Crippen molar-refractivity contribution in [1.29, 1.82) is 0 Å². The van der Waals surface area contributed by atoms with Crippen molar-refractivity contribution >= 4 is 0 Å². The molecule has 0 saturated carbocycles. The normalized spacial score (nSPS) is 47.0. The Balaban J connectivity index is 1.76. The van der Waals surface area contributed by atoms with Gasteiger partial charge in [-0.05, 0) is 26.7 Å². The van der Waals surface area contributed by atoms with E-state index in [0.29, 0.717) is 13.0 Å². The monoisotopic (exact) mass is 259 g/mol. The van der Waals surface area contributed by atoms with Gasteiger partial charge in [-0.15, -0.1) is 0 Å². The molecule has 6 nitrogen and oxygen atoms in total. The molecule has 0 unspecified atom stereocenters. The smallest absolute Gasteiger partial charge is 0.163 e. The lowest BCUT2D eigenvalue weighted by Gasteiger charge is -2.37. The molecule has 0 radical (unpaired) electrons. The summed E-state index contributed by atoms with van der Waals surface area (Å²) < 4.78 is 11.7. The van der Waals surface area contributed by atoms with Crippen molar-refractivity contribution in [1.82, 2.24) is 5.06 Å². The number of ether oxygens (including phenoxy) is 2. The van der Waals surface area contributed by atoms with Crippen LogP contribution < -0.4 is 0 Å². The average molecular weight is 259 g/mol. The first-order chi connectivity index (χ1) is 8.50. The van der Waals surface area contributed by atoms with Crippen LogP contribution in [0.5, 0.6) is 0 Å². The molecule has 3 heterocycles. The molecule has 0 aromatic rings. The van der Waals surface area contributed by atoms with E-state index in [1.807, 2.05) is 13.8 Å². The maximum Gasteiger partial charge on any atom is 0.163 e. The van der Waals surface area contributed by atoms with Gasteiger partial charge in [0, 0.05) is 6.61 Å². The Morgan fingerprint density at radius 1 is 1.28 bits per heavy atom. The molecule has 0 amide bonds. The van der Waals surface area contributed by atoms with Gasteiger partial charge in [-0.1, -0.05) is 0 Å². The van der Waals surface area contributed by atoms with E-state index in [1.54, 1.807) is 5.06 Å². The standard InChI is InChI=1S/C12H21NO5/c1-12(2)16-10-8-5-7(3-4-14)18-13(8)6-9(15)11(10)17-12/h7-11,14-15H,3-6H2,1-2H3/t7-,8+,9-,10+,11-/m1/s1. The number of aliphatic hydroxyl groups is 2. The molecule has 3 saturated heterocycles. The van der Waals surface area contributed by atoms with Crippen molar-refractivity contribution < 1.29 is 24.5 Å². The van der Waals surface area contributed by atoms with Crippen molar-refractivity contribution in [2.75, 3.05) is 13.2 Å². The third kappa shape index (κ3) is 2.07. The van der Waals surface area contributed by atoms with E-state index in [1.165, 1.54) is 0 Å². The first kappa shape index (κ1) is 12.8. The summed E-state index contributed by atoms with van der Waals surface area (Å²) in [7, 11) is 0. The van der Waals surface area contributed by atoms with Crippen LogP contribution in [0.3, 0.4) is 0 Å². The fourth-order valence-corrected chi connectivity index (χ4v) is 3.19. The van der Waals surface area contributed by atoms with E-state index < -0.39 is 11.9 Å². The van der Waals surface area contributed by atoms with Crippen LogP contribution in [0.15, 0.2) is 0 Å². The number of hydrogen-bond acceptors (Lipinski definition) is 6. The molecule has 104 valence electrons. The largest absolute Gasteiger partial charge is 0.396 e. The second-order valence-electron chi connectivity index (χ2n) is 5.77.